The second kappa shape index (κ2) is 7.19. The van der Waals surface area contributed by atoms with Gasteiger partial charge in [-0.2, -0.15) is 0 Å². The number of aromatic hydroxyl groups is 2. The summed E-state index contributed by atoms with van der Waals surface area (Å²) < 4.78 is 0. The number of nitrogens with one attached hydrogen (secondary N) is 1. The number of carbonyl (C=O) groups excluding carboxylic acids is 1. The lowest BCUT2D eigenvalue weighted by Gasteiger charge is -2.65. The smallest absolute Gasteiger partial charge is 0.226 e. The van der Waals surface area contributed by atoms with Gasteiger partial charge in [-0.3, -0.25) is 4.79 Å². The molecule has 4 aliphatic carbocycles. The molecule has 5 heteroatoms. The Morgan fingerprint density at radius 2 is 1.80 bits per heavy atom. The molecule has 2 unspecified atom stereocenters. The van der Waals surface area contributed by atoms with Gasteiger partial charge < -0.3 is 15.5 Å². The fraction of sp³-hybridized carbons (Fsp3) is 0.480. The van der Waals surface area contributed by atoms with Crippen LogP contribution in [0.25, 0.3) is 0 Å². The zero-order chi connectivity index (χ0) is 20.9. The topological polar surface area (TPSA) is 69.6 Å². The molecule has 2 aromatic carbocycles. The summed E-state index contributed by atoms with van der Waals surface area (Å²) in [4.78, 5) is 13.1. The third-order valence-electron chi connectivity index (χ3n) is 7.69. The van der Waals surface area contributed by atoms with Crippen LogP contribution in [-0.4, -0.2) is 22.7 Å². The zero-order valence-corrected chi connectivity index (χ0v) is 17.8. The minimum absolute atomic E-state index is 0.117. The van der Waals surface area contributed by atoms with Gasteiger partial charge in [0.1, 0.15) is 0 Å². The molecule has 30 heavy (non-hydrogen) atoms. The lowest BCUT2D eigenvalue weighted by atomic mass is 9.38. The summed E-state index contributed by atoms with van der Waals surface area (Å²) >= 11 is 6.06. The number of hydrogen-bond acceptors (Lipinski definition) is 3. The second-order valence-corrected chi connectivity index (χ2v) is 10.4. The number of carbonyl (C=O) groups is 1. The van der Waals surface area contributed by atoms with Gasteiger partial charge in [0, 0.05) is 11.6 Å². The van der Waals surface area contributed by atoms with E-state index >= 15 is 0 Å². The molecule has 0 aromatic heterocycles. The fourth-order valence-electron chi connectivity index (χ4n) is 6.79. The molecule has 4 nitrogen and oxygen atoms in total. The molecular formula is C25H28ClNO3. The first-order valence-corrected chi connectivity index (χ1v) is 11.3. The molecule has 0 heterocycles. The van der Waals surface area contributed by atoms with E-state index in [2.05, 4.69) is 17.4 Å². The highest BCUT2D eigenvalue weighted by molar-refractivity contribution is 6.30. The number of hydrogen-bond donors (Lipinski definition) is 3. The number of amides is 1. The van der Waals surface area contributed by atoms with E-state index in [-0.39, 0.29) is 22.8 Å². The number of benzene rings is 2. The highest BCUT2D eigenvalue weighted by atomic mass is 35.5. The molecule has 4 aliphatic rings. The molecule has 4 saturated carbocycles. The van der Waals surface area contributed by atoms with Crippen molar-refractivity contribution in [3.63, 3.8) is 0 Å². The van der Waals surface area contributed by atoms with Gasteiger partial charge in [-0.05, 0) is 97.6 Å². The standard InChI is InChI=1S/C25H28ClNO3/c26-20-4-2-18(3-5-20)19-9-17-11-24(13-19)14-25(12-17,15-24)23(30)27-8-7-16-1-6-21(28)22(29)10-16/h1-6,10,17,19,28-29H,7-9,11-15H2,(H,27,30). The average Bonchev–Trinajstić information content (AvgIpc) is 2.69. The maximum absolute atomic E-state index is 13.1. The lowest BCUT2D eigenvalue weighted by Crippen LogP contribution is -2.62. The minimum Gasteiger partial charge on any atom is -0.504 e. The van der Waals surface area contributed by atoms with Crippen molar-refractivity contribution in [2.75, 3.05) is 6.54 Å². The first-order chi connectivity index (χ1) is 14.4. The highest BCUT2D eigenvalue weighted by Gasteiger charge is 2.65. The van der Waals surface area contributed by atoms with E-state index in [4.69, 9.17) is 11.6 Å². The van der Waals surface area contributed by atoms with Crippen molar-refractivity contribution in [2.24, 2.45) is 16.7 Å². The molecule has 2 aromatic rings. The fourth-order valence-corrected chi connectivity index (χ4v) is 6.91. The third kappa shape index (κ3) is 3.45. The molecule has 158 valence electrons. The third-order valence-corrected chi connectivity index (χ3v) is 7.94. The Bertz CT molecular complexity index is 959. The Morgan fingerprint density at radius 1 is 1.03 bits per heavy atom. The average molecular weight is 426 g/mol. The lowest BCUT2D eigenvalue weighted by molar-refractivity contribution is -0.176. The highest BCUT2D eigenvalue weighted by Crippen LogP contribution is 2.71. The van der Waals surface area contributed by atoms with Crippen LogP contribution in [0.4, 0.5) is 0 Å². The number of rotatable bonds is 5. The van der Waals surface area contributed by atoms with Crippen molar-refractivity contribution in [1.29, 1.82) is 0 Å². The summed E-state index contributed by atoms with van der Waals surface area (Å²) in [5.41, 5.74) is 2.46. The quantitative estimate of drug-likeness (QED) is 0.579. The summed E-state index contributed by atoms with van der Waals surface area (Å²) in [6.07, 6.45) is 7.32. The molecule has 3 bridgehead atoms. The van der Waals surface area contributed by atoms with E-state index in [1.165, 1.54) is 30.9 Å². The van der Waals surface area contributed by atoms with Gasteiger partial charge in [-0.1, -0.05) is 29.8 Å². The van der Waals surface area contributed by atoms with Gasteiger partial charge in [-0.15, -0.1) is 0 Å². The second-order valence-electron chi connectivity index (χ2n) is 9.93. The van der Waals surface area contributed by atoms with Gasteiger partial charge in [0.25, 0.3) is 0 Å². The maximum Gasteiger partial charge on any atom is 0.226 e. The van der Waals surface area contributed by atoms with Gasteiger partial charge in [0.2, 0.25) is 5.91 Å². The number of halogens is 1. The van der Waals surface area contributed by atoms with Crippen LogP contribution < -0.4 is 5.32 Å². The summed E-state index contributed by atoms with van der Waals surface area (Å²) in [5.74, 6) is 1.18. The molecule has 1 amide bonds. The van der Waals surface area contributed by atoms with Crippen LogP contribution >= 0.6 is 11.6 Å². The van der Waals surface area contributed by atoms with E-state index < -0.39 is 0 Å². The molecule has 1 spiro atoms. The zero-order valence-electron chi connectivity index (χ0n) is 17.0. The van der Waals surface area contributed by atoms with Crippen molar-refractivity contribution in [2.45, 2.75) is 50.9 Å². The Hall–Kier alpha value is -2.20. The largest absolute Gasteiger partial charge is 0.504 e. The normalized spacial score (nSPS) is 31.6. The van der Waals surface area contributed by atoms with Gasteiger partial charge in [0.15, 0.2) is 11.5 Å². The van der Waals surface area contributed by atoms with Crippen LogP contribution in [0.5, 0.6) is 11.5 Å². The maximum atomic E-state index is 13.1. The van der Waals surface area contributed by atoms with Crippen LogP contribution in [0.15, 0.2) is 42.5 Å². The Kier molecular flexibility index (Phi) is 4.73. The van der Waals surface area contributed by atoms with Crippen LogP contribution in [0.3, 0.4) is 0 Å². The Labute approximate surface area is 182 Å². The van der Waals surface area contributed by atoms with Crippen LogP contribution in [-0.2, 0) is 11.2 Å². The molecule has 2 atom stereocenters. The molecule has 0 radical (unpaired) electrons. The van der Waals surface area contributed by atoms with Crippen molar-refractivity contribution in [1.82, 2.24) is 5.32 Å². The van der Waals surface area contributed by atoms with E-state index in [1.807, 2.05) is 12.1 Å². The Morgan fingerprint density at radius 3 is 2.50 bits per heavy atom. The van der Waals surface area contributed by atoms with Gasteiger partial charge in [0.05, 0.1) is 5.41 Å². The first-order valence-electron chi connectivity index (χ1n) is 10.9. The summed E-state index contributed by atoms with van der Waals surface area (Å²) in [6.45, 7) is 0.551. The predicted molar refractivity (Wildman–Crippen MR) is 117 cm³/mol. The molecule has 3 N–H and O–H groups in total. The van der Waals surface area contributed by atoms with E-state index in [1.54, 1.807) is 12.1 Å². The summed E-state index contributed by atoms with van der Waals surface area (Å²) in [6, 6.07) is 13.1. The predicted octanol–water partition coefficient (Wildman–Crippen LogP) is 5.16. The van der Waals surface area contributed by atoms with E-state index in [0.717, 1.165) is 29.8 Å². The van der Waals surface area contributed by atoms with Crippen LogP contribution in [0.2, 0.25) is 5.02 Å². The summed E-state index contributed by atoms with van der Waals surface area (Å²) in [7, 11) is 0. The molecule has 4 fully saturated rings. The van der Waals surface area contributed by atoms with Crippen LogP contribution in [0, 0.1) is 16.7 Å². The van der Waals surface area contributed by atoms with Gasteiger partial charge >= 0.3 is 0 Å². The summed E-state index contributed by atoms with van der Waals surface area (Å²) in [5, 5.41) is 23.0. The molecular weight excluding hydrogens is 398 g/mol. The number of phenols is 2. The van der Waals surface area contributed by atoms with Gasteiger partial charge in [-0.25, -0.2) is 0 Å². The first kappa shape index (κ1) is 19.7. The van der Waals surface area contributed by atoms with Crippen molar-refractivity contribution in [3.05, 3.63) is 58.6 Å². The van der Waals surface area contributed by atoms with Crippen molar-refractivity contribution in [3.8, 4) is 11.5 Å². The van der Waals surface area contributed by atoms with Crippen molar-refractivity contribution < 1.29 is 15.0 Å². The SMILES string of the molecule is O=C(NCCc1ccc(O)c(O)c1)C12CC3CC(c4ccc(Cl)cc4)CC(C3)(C1)C2. The van der Waals surface area contributed by atoms with Crippen LogP contribution in [0.1, 0.15) is 55.6 Å². The minimum atomic E-state index is -0.176. The van der Waals surface area contributed by atoms with E-state index in [9.17, 15) is 15.0 Å². The monoisotopic (exact) mass is 425 g/mol. The Balaban J connectivity index is 1.19. The molecule has 0 saturated heterocycles. The molecule has 6 rings (SSSR count). The van der Waals surface area contributed by atoms with Crippen molar-refractivity contribution >= 4 is 17.5 Å². The van der Waals surface area contributed by atoms with E-state index in [0.29, 0.717) is 30.2 Å². The molecule has 0 aliphatic heterocycles. The number of phenolic OH excluding ortho intramolecular Hbond substituents is 2.